The van der Waals surface area contributed by atoms with Crippen LogP contribution in [-0.4, -0.2) is 21.0 Å². The van der Waals surface area contributed by atoms with Gasteiger partial charge in [-0.2, -0.15) is 0 Å². The monoisotopic (exact) mass is 256 g/mol. The molecule has 0 saturated heterocycles. The minimum Gasteiger partial charge on any atom is -0.299 e. The van der Waals surface area contributed by atoms with Gasteiger partial charge in [0, 0.05) is 34.1 Å². The summed E-state index contributed by atoms with van der Waals surface area (Å²) in [6.07, 6.45) is 8.53. The van der Waals surface area contributed by atoms with Gasteiger partial charge in [-0.25, -0.2) is 0 Å². The van der Waals surface area contributed by atoms with E-state index in [1.807, 2.05) is 0 Å². The maximum absolute atomic E-state index is 12.2. The number of Topliss-reactive ketones (excluding diaryl/α,β-unsaturated/α-hetero) is 1. The van der Waals surface area contributed by atoms with Crippen molar-refractivity contribution in [2.75, 3.05) is 5.75 Å². The van der Waals surface area contributed by atoms with E-state index >= 15 is 0 Å². The molecule has 2 aliphatic carbocycles. The van der Waals surface area contributed by atoms with Gasteiger partial charge >= 0.3 is 0 Å². The van der Waals surface area contributed by atoms with Crippen LogP contribution in [0.15, 0.2) is 0 Å². The highest BCUT2D eigenvalue weighted by atomic mass is 32.2. The highest BCUT2D eigenvalue weighted by molar-refractivity contribution is 7.85. The van der Waals surface area contributed by atoms with Crippen LogP contribution >= 0.6 is 0 Å². The van der Waals surface area contributed by atoms with Crippen molar-refractivity contribution in [3.05, 3.63) is 0 Å². The second kappa shape index (κ2) is 6.12. The Bertz CT molecular complexity index is 301. The van der Waals surface area contributed by atoms with E-state index in [-0.39, 0.29) is 5.92 Å². The highest BCUT2D eigenvalue weighted by Crippen LogP contribution is 2.29. The van der Waals surface area contributed by atoms with Crippen LogP contribution in [0.25, 0.3) is 0 Å². The molecule has 0 spiro atoms. The number of hydrogen-bond acceptors (Lipinski definition) is 2. The Kier molecular flexibility index (Phi) is 4.78. The summed E-state index contributed by atoms with van der Waals surface area (Å²) >= 11 is 0. The maximum Gasteiger partial charge on any atom is 0.136 e. The Morgan fingerprint density at radius 1 is 1.24 bits per heavy atom. The zero-order chi connectivity index (χ0) is 12.3. The predicted octanol–water partition coefficient (Wildman–Crippen LogP) is 3.07. The smallest absolute Gasteiger partial charge is 0.136 e. The van der Waals surface area contributed by atoms with Crippen LogP contribution in [0.4, 0.5) is 0 Å². The molecular formula is C14H24O2S. The largest absolute Gasteiger partial charge is 0.299 e. The van der Waals surface area contributed by atoms with Gasteiger partial charge in [-0.3, -0.25) is 9.00 Å². The zero-order valence-corrected chi connectivity index (χ0v) is 11.6. The lowest BCUT2D eigenvalue weighted by atomic mass is 9.91. The molecule has 2 fully saturated rings. The van der Waals surface area contributed by atoms with Crippen LogP contribution in [0.2, 0.25) is 0 Å². The quantitative estimate of drug-likeness (QED) is 0.774. The van der Waals surface area contributed by atoms with E-state index in [0.29, 0.717) is 11.0 Å². The topological polar surface area (TPSA) is 34.1 Å². The van der Waals surface area contributed by atoms with E-state index < -0.39 is 10.8 Å². The van der Waals surface area contributed by atoms with Gasteiger partial charge in [0.05, 0.1) is 0 Å². The molecule has 4 atom stereocenters. The number of carbonyl (C=O) groups is 1. The van der Waals surface area contributed by atoms with E-state index in [1.165, 1.54) is 12.8 Å². The summed E-state index contributed by atoms with van der Waals surface area (Å²) in [5, 5.41) is 0.412. The first-order valence-electron chi connectivity index (χ1n) is 7.06. The molecule has 0 aliphatic heterocycles. The molecule has 0 N–H and O–H groups in total. The van der Waals surface area contributed by atoms with Crippen LogP contribution in [-0.2, 0) is 15.6 Å². The van der Waals surface area contributed by atoms with E-state index in [4.69, 9.17) is 0 Å². The number of rotatable bonds is 4. The van der Waals surface area contributed by atoms with Crippen molar-refractivity contribution in [3.8, 4) is 0 Å². The molecule has 3 heteroatoms. The van der Waals surface area contributed by atoms with Gasteiger partial charge in [0.15, 0.2) is 0 Å². The predicted molar refractivity (Wildman–Crippen MR) is 71.4 cm³/mol. The lowest BCUT2D eigenvalue weighted by Crippen LogP contribution is -2.25. The summed E-state index contributed by atoms with van der Waals surface area (Å²) in [7, 11) is -0.690. The van der Waals surface area contributed by atoms with Crippen LogP contribution in [0, 0.1) is 11.8 Å². The van der Waals surface area contributed by atoms with Crippen molar-refractivity contribution in [1.82, 2.24) is 0 Å². The fourth-order valence-electron chi connectivity index (χ4n) is 3.24. The van der Waals surface area contributed by atoms with Crippen LogP contribution in [0.5, 0.6) is 0 Å². The molecule has 17 heavy (non-hydrogen) atoms. The van der Waals surface area contributed by atoms with E-state index in [9.17, 15) is 9.00 Å². The zero-order valence-electron chi connectivity index (χ0n) is 10.8. The fourth-order valence-corrected chi connectivity index (χ4v) is 5.06. The Labute approximate surface area is 107 Å². The van der Waals surface area contributed by atoms with Gasteiger partial charge in [-0.15, -0.1) is 0 Å². The standard InChI is InChI=1S/C14H24O2S/c1-11-4-2-6-13(10-11)17(16)9-8-12-5-3-7-14(12)15/h11-13H,2-10H2,1H3. The molecule has 0 aromatic rings. The molecule has 98 valence electrons. The number of hydrogen-bond donors (Lipinski definition) is 0. The Hall–Kier alpha value is -0.180. The summed E-state index contributed by atoms with van der Waals surface area (Å²) < 4.78 is 12.2. The Morgan fingerprint density at radius 2 is 2.06 bits per heavy atom. The van der Waals surface area contributed by atoms with Gasteiger partial charge < -0.3 is 0 Å². The van der Waals surface area contributed by atoms with E-state index in [0.717, 1.165) is 50.2 Å². The van der Waals surface area contributed by atoms with Crippen molar-refractivity contribution < 1.29 is 9.00 Å². The Morgan fingerprint density at radius 3 is 2.71 bits per heavy atom. The van der Waals surface area contributed by atoms with Gasteiger partial charge in [0.2, 0.25) is 0 Å². The van der Waals surface area contributed by atoms with Crippen LogP contribution < -0.4 is 0 Å². The average molecular weight is 256 g/mol. The molecule has 0 aromatic carbocycles. The first-order valence-corrected chi connectivity index (χ1v) is 8.45. The summed E-state index contributed by atoms with van der Waals surface area (Å²) in [6.45, 7) is 2.27. The first-order chi connectivity index (χ1) is 8.16. The lowest BCUT2D eigenvalue weighted by molar-refractivity contribution is -0.120. The minimum atomic E-state index is -0.690. The molecule has 0 heterocycles. The Balaban J connectivity index is 1.74. The SMILES string of the molecule is CC1CCCC(S(=O)CCC2CCCC2=O)C1. The number of ketones is 1. The molecule has 2 aliphatic rings. The third kappa shape index (κ3) is 3.64. The first kappa shape index (κ1) is 13.3. The molecule has 2 saturated carbocycles. The van der Waals surface area contributed by atoms with E-state index in [1.54, 1.807) is 0 Å². The summed E-state index contributed by atoms with van der Waals surface area (Å²) in [6, 6.07) is 0. The molecule has 0 amide bonds. The normalized spacial score (nSPS) is 36.1. The molecule has 2 rings (SSSR count). The molecule has 0 radical (unpaired) electrons. The van der Waals surface area contributed by atoms with Gasteiger partial charge in [-0.05, 0) is 38.0 Å². The van der Waals surface area contributed by atoms with Crippen molar-refractivity contribution in [3.63, 3.8) is 0 Å². The van der Waals surface area contributed by atoms with Crippen molar-refractivity contribution >= 4 is 16.6 Å². The maximum atomic E-state index is 12.2. The second-order valence-electron chi connectivity index (χ2n) is 5.82. The minimum absolute atomic E-state index is 0.236. The van der Waals surface area contributed by atoms with Crippen LogP contribution in [0.3, 0.4) is 0 Å². The average Bonchev–Trinajstić information content (AvgIpc) is 2.72. The summed E-state index contributed by atoms with van der Waals surface area (Å²) in [4.78, 5) is 11.5. The molecule has 2 nitrogen and oxygen atoms in total. The molecular weight excluding hydrogens is 232 g/mol. The fraction of sp³-hybridized carbons (Fsp3) is 0.929. The van der Waals surface area contributed by atoms with Gasteiger partial charge in [0.25, 0.3) is 0 Å². The number of carbonyl (C=O) groups excluding carboxylic acids is 1. The van der Waals surface area contributed by atoms with Crippen molar-refractivity contribution in [2.24, 2.45) is 11.8 Å². The summed E-state index contributed by atoms with van der Waals surface area (Å²) in [5.41, 5.74) is 0. The van der Waals surface area contributed by atoms with Gasteiger partial charge in [-0.1, -0.05) is 19.8 Å². The third-order valence-corrected chi connectivity index (χ3v) is 6.17. The molecule has 4 unspecified atom stereocenters. The van der Waals surface area contributed by atoms with Crippen LogP contribution in [0.1, 0.15) is 58.3 Å². The van der Waals surface area contributed by atoms with Crippen molar-refractivity contribution in [1.29, 1.82) is 0 Å². The molecule has 0 aromatic heterocycles. The summed E-state index contributed by atoms with van der Waals surface area (Å²) in [5.74, 6) is 2.15. The second-order valence-corrected chi connectivity index (χ2v) is 7.66. The molecule has 0 bridgehead atoms. The third-order valence-electron chi connectivity index (χ3n) is 4.36. The lowest BCUT2D eigenvalue weighted by Gasteiger charge is -2.26. The van der Waals surface area contributed by atoms with E-state index in [2.05, 4.69) is 6.92 Å². The van der Waals surface area contributed by atoms with Gasteiger partial charge in [0.1, 0.15) is 5.78 Å². The highest BCUT2D eigenvalue weighted by Gasteiger charge is 2.27. The van der Waals surface area contributed by atoms with Crippen molar-refractivity contribution in [2.45, 2.75) is 63.5 Å².